The van der Waals surface area contributed by atoms with Gasteiger partial charge in [-0.2, -0.15) is 0 Å². The van der Waals surface area contributed by atoms with Crippen molar-refractivity contribution >= 4 is 20.6 Å². The quantitative estimate of drug-likeness (QED) is 0.146. The highest BCUT2D eigenvalue weighted by Crippen LogP contribution is 2.48. The van der Waals surface area contributed by atoms with Gasteiger partial charge in [-0.1, -0.05) is 121 Å². The molecule has 0 radical (unpaired) electrons. The molecule has 0 aromatic heterocycles. The lowest BCUT2D eigenvalue weighted by Gasteiger charge is -2.57. The van der Waals surface area contributed by atoms with E-state index >= 15 is 0 Å². The normalized spacial score (nSPS) is 17.4. The van der Waals surface area contributed by atoms with Crippen LogP contribution in [-0.2, 0) is 30.5 Å². The highest BCUT2D eigenvalue weighted by Gasteiger charge is 2.70. The summed E-state index contributed by atoms with van der Waals surface area (Å²) in [6.45, 7) is -0.972. The molecule has 0 aliphatic rings. The largest absolute Gasteiger partial charge is 0.393 e. The van der Waals surface area contributed by atoms with Crippen LogP contribution in [0, 0.1) is 0 Å². The summed E-state index contributed by atoms with van der Waals surface area (Å²) in [5.74, 6) is 0. The smallest absolute Gasteiger partial charge is 0.232 e. The van der Waals surface area contributed by atoms with Gasteiger partial charge in [0.1, 0.15) is 16.8 Å². The fraction of sp³-hybridized carbons (Fsp3) is 0.265. The molecule has 0 unspecified atom stereocenters. The lowest BCUT2D eigenvalue weighted by atomic mass is 9.57. The van der Waals surface area contributed by atoms with Crippen molar-refractivity contribution in [2.75, 3.05) is 6.61 Å². The van der Waals surface area contributed by atoms with E-state index in [-0.39, 0.29) is 12.8 Å². The van der Waals surface area contributed by atoms with Crippen LogP contribution < -0.4 is 0 Å². The Hall–Kier alpha value is -3.17. The van der Waals surface area contributed by atoms with Crippen LogP contribution in [-0.4, -0.2) is 59.2 Å². The first-order valence-electron chi connectivity index (χ1n) is 13.4. The lowest BCUT2D eigenvalue weighted by Crippen LogP contribution is -2.80. The van der Waals surface area contributed by atoms with Crippen LogP contribution in [0.1, 0.15) is 22.3 Å². The number of hydrogen-bond donors (Lipinski definition) is 5. The fourth-order valence-corrected chi connectivity index (χ4v) is 6.12. The second kappa shape index (κ2) is 12.8. The maximum Gasteiger partial charge on any atom is 0.232 e. The molecule has 0 amide bonds. The molecule has 0 fully saturated rings. The Kier molecular flexibility index (Phi) is 9.59. The number of aliphatic hydroxyl groups excluding tert-OH is 1. The summed E-state index contributed by atoms with van der Waals surface area (Å²) in [5, 5.41) is 61.2. The number of rotatable bonds is 13. The molecule has 7 heteroatoms. The first-order chi connectivity index (χ1) is 19.6. The predicted molar refractivity (Wildman–Crippen MR) is 161 cm³/mol. The molecule has 5 N–H and O–H groups in total. The highest BCUT2D eigenvalue weighted by molar-refractivity contribution is 9.18. The Labute approximate surface area is 248 Å². The Balaban J connectivity index is 2.00. The zero-order valence-corrected chi connectivity index (χ0v) is 24.2. The summed E-state index contributed by atoms with van der Waals surface area (Å²) in [6, 6.07) is 34.8. The van der Waals surface area contributed by atoms with Crippen LogP contribution in [0.4, 0.5) is 0 Å². The molecule has 4 aromatic carbocycles. The van der Waals surface area contributed by atoms with Crippen LogP contribution in [0.5, 0.6) is 0 Å². The van der Waals surface area contributed by atoms with E-state index in [0.29, 0.717) is 22.3 Å². The van der Waals surface area contributed by atoms with Crippen molar-refractivity contribution < 1.29 is 30.3 Å². The van der Waals surface area contributed by atoms with Gasteiger partial charge in [-0.15, -0.1) is 0 Å². The molecule has 0 aliphatic carbocycles. The van der Waals surface area contributed by atoms with Gasteiger partial charge in [-0.05, 0) is 38.2 Å². The zero-order valence-electron chi connectivity index (χ0n) is 22.6. The Morgan fingerprint density at radius 3 is 1.17 bits per heavy atom. The lowest BCUT2D eigenvalue weighted by molar-refractivity contribution is -0.297. The van der Waals surface area contributed by atoms with Crippen LogP contribution in [0.25, 0.3) is 0 Å². The average molecular weight is 620 g/mol. The Morgan fingerprint density at radius 2 is 0.829 bits per heavy atom. The molecule has 214 valence electrons. The minimum Gasteiger partial charge on any atom is -0.393 e. The van der Waals surface area contributed by atoms with Gasteiger partial charge in [-0.3, -0.25) is 4.79 Å². The SMILES string of the molecule is O=C(Br)[C@@](O)(Cc1ccccc1)[C@](O)(Cc1ccccc1)[C@](O)(Cc1ccccc1)[C@](O)(CO)Cc1ccccc1. The summed E-state index contributed by atoms with van der Waals surface area (Å²) < 4.78 is -0.973. The molecule has 4 rings (SSSR count). The van der Waals surface area contributed by atoms with Gasteiger partial charge in [0.2, 0.25) is 4.69 Å². The van der Waals surface area contributed by atoms with Gasteiger partial charge in [0.25, 0.3) is 0 Å². The first-order valence-corrected chi connectivity index (χ1v) is 14.2. The zero-order chi connectivity index (χ0) is 29.6. The number of halogens is 1. The standard InChI is InChI=1S/C34H35BrO6/c35-30(37)32(39,22-27-15-7-2-8-16-27)34(41,24-29-19-11-4-12-20-29)33(40,23-28-17-9-3-10-18-28)31(38,25-36)21-26-13-5-1-6-14-26/h1-20,36,38-41H,21-25H2/t31-,32+,33+,34-/m1/s1. The molecule has 6 nitrogen and oxygen atoms in total. The van der Waals surface area contributed by atoms with E-state index in [1.165, 1.54) is 0 Å². The number of carbonyl (C=O) groups excluding carboxylic acids is 1. The van der Waals surface area contributed by atoms with Crippen molar-refractivity contribution in [3.05, 3.63) is 144 Å². The van der Waals surface area contributed by atoms with Crippen LogP contribution in [0.2, 0.25) is 0 Å². The van der Waals surface area contributed by atoms with Crippen molar-refractivity contribution in [2.45, 2.75) is 48.1 Å². The molecule has 0 bridgehead atoms. The summed E-state index contributed by atoms with van der Waals surface area (Å²) >= 11 is 2.93. The molecule has 4 aromatic rings. The monoisotopic (exact) mass is 618 g/mol. The number of aliphatic hydroxyl groups is 5. The van der Waals surface area contributed by atoms with Gasteiger partial charge in [0, 0.05) is 25.7 Å². The third-order valence-electron chi connectivity index (χ3n) is 7.97. The van der Waals surface area contributed by atoms with Gasteiger partial charge in [0.05, 0.1) is 6.61 Å². The van der Waals surface area contributed by atoms with E-state index in [1.54, 1.807) is 121 Å². The summed E-state index contributed by atoms with van der Waals surface area (Å²) in [7, 11) is 0. The van der Waals surface area contributed by atoms with E-state index < -0.39 is 46.5 Å². The molecular weight excluding hydrogens is 584 g/mol. The highest BCUT2D eigenvalue weighted by atomic mass is 79.9. The van der Waals surface area contributed by atoms with Gasteiger partial charge in [-0.25, -0.2) is 0 Å². The molecule has 0 spiro atoms. The Morgan fingerprint density at radius 1 is 0.512 bits per heavy atom. The third kappa shape index (κ3) is 6.21. The van der Waals surface area contributed by atoms with Crippen LogP contribution >= 0.6 is 15.9 Å². The molecule has 0 heterocycles. The van der Waals surface area contributed by atoms with E-state index in [9.17, 15) is 30.3 Å². The fourth-order valence-electron chi connectivity index (χ4n) is 5.65. The number of benzene rings is 4. The summed E-state index contributed by atoms with van der Waals surface area (Å²) in [4.78, 5) is 13.4. The van der Waals surface area contributed by atoms with Crippen molar-refractivity contribution in [1.29, 1.82) is 0 Å². The second-order valence-electron chi connectivity index (χ2n) is 10.7. The molecular formula is C34H35BrO6. The number of carbonyl (C=O) groups is 1. The average Bonchev–Trinajstić information content (AvgIpc) is 2.98. The van der Waals surface area contributed by atoms with Crippen LogP contribution in [0.3, 0.4) is 0 Å². The van der Waals surface area contributed by atoms with E-state index in [2.05, 4.69) is 15.9 Å². The van der Waals surface area contributed by atoms with Crippen molar-refractivity contribution in [1.82, 2.24) is 0 Å². The van der Waals surface area contributed by atoms with Crippen LogP contribution in [0.15, 0.2) is 121 Å². The van der Waals surface area contributed by atoms with Crippen molar-refractivity contribution in [3.63, 3.8) is 0 Å². The first kappa shape index (κ1) is 30.8. The van der Waals surface area contributed by atoms with E-state index in [4.69, 9.17) is 0 Å². The summed E-state index contributed by atoms with van der Waals surface area (Å²) in [5.41, 5.74) is -8.36. The van der Waals surface area contributed by atoms with Gasteiger partial charge in [0.15, 0.2) is 5.60 Å². The maximum atomic E-state index is 13.4. The number of hydrogen-bond acceptors (Lipinski definition) is 6. The summed E-state index contributed by atoms with van der Waals surface area (Å²) in [6.07, 6.45) is -1.47. The minimum atomic E-state index is -2.74. The molecule has 41 heavy (non-hydrogen) atoms. The second-order valence-corrected chi connectivity index (χ2v) is 11.4. The molecule has 4 atom stereocenters. The predicted octanol–water partition coefficient (Wildman–Crippen LogP) is 3.80. The Bertz CT molecular complexity index is 1400. The third-order valence-corrected chi connectivity index (χ3v) is 8.63. The van der Waals surface area contributed by atoms with Crippen molar-refractivity contribution in [3.8, 4) is 0 Å². The van der Waals surface area contributed by atoms with Crippen molar-refractivity contribution in [2.24, 2.45) is 0 Å². The van der Waals surface area contributed by atoms with E-state index in [1.807, 2.05) is 0 Å². The topological polar surface area (TPSA) is 118 Å². The minimum absolute atomic E-state index is 0.275. The van der Waals surface area contributed by atoms with E-state index in [0.717, 1.165) is 0 Å². The van der Waals surface area contributed by atoms with Gasteiger partial charge < -0.3 is 25.5 Å². The molecule has 0 aliphatic heterocycles. The van der Waals surface area contributed by atoms with Gasteiger partial charge >= 0.3 is 0 Å². The maximum absolute atomic E-state index is 13.4. The molecule has 0 saturated carbocycles. The molecule has 0 saturated heterocycles.